The summed E-state index contributed by atoms with van der Waals surface area (Å²) in [6.07, 6.45) is 1.16. The fourth-order valence-corrected chi connectivity index (χ4v) is 10.2. The van der Waals surface area contributed by atoms with Crippen molar-refractivity contribution in [2.45, 2.75) is 57.6 Å². The summed E-state index contributed by atoms with van der Waals surface area (Å²) < 4.78 is 44.3. The van der Waals surface area contributed by atoms with Crippen molar-refractivity contribution in [2.75, 3.05) is 13.1 Å². The zero-order chi connectivity index (χ0) is 19.9. The summed E-state index contributed by atoms with van der Waals surface area (Å²) in [4.78, 5) is 0. The first-order chi connectivity index (χ1) is 12.0. The van der Waals surface area contributed by atoms with Gasteiger partial charge in [-0.3, -0.25) is 0 Å². The Kier molecular flexibility index (Phi) is 7.85. The van der Waals surface area contributed by atoms with Crippen molar-refractivity contribution in [2.24, 2.45) is 11.8 Å². The van der Waals surface area contributed by atoms with E-state index in [0.717, 1.165) is 0 Å². The van der Waals surface area contributed by atoms with E-state index in [1.54, 1.807) is 0 Å². The van der Waals surface area contributed by atoms with E-state index in [0.29, 0.717) is 25.9 Å². The quantitative estimate of drug-likeness (QED) is 0.420. The molecule has 2 aliphatic heterocycles. The van der Waals surface area contributed by atoms with Gasteiger partial charge in [-0.1, -0.05) is 13.8 Å². The Morgan fingerprint density at radius 2 is 0.962 bits per heavy atom. The number of nitrogens with one attached hydrogen (secondary N) is 2. The van der Waals surface area contributed by atoms with Crippen molar-refractivity contribution < 1.29 is 16.8 Å². The SMILES string of the molecule is CCC1C(NCCNC2C(CC)C(Cl)S(=O)(=O)C2Cl)C(Cl)S(=O)(=O)C1Cl. The van der Waals surface area contributed by atoms with Crippen LogP contribution in [-0.2, 0) is 19.7 Å². The molecular formula is C14H24Cl4N2O4S2. The maximum Gasteiger partial charge on any atom is 0.185 e. The maximum absolute atomic E-state index is 12.1. The van der Waals surface area contributed by atoms with Gasteiger partial charge in [0, 0.05) is 37.0 Å². The van der Waals surface area contributed by atoms with E-state index in [2.05, 4.69) is 10.6 Å². The molecule has 8 unspecified atom stereocenters. The molecule has 2 rings (SSSR count). The predicted octanol–water partition coefficient (Wildman–Crippen LogP) is 2.07. The van der Waals surface area contributed by atoms with E-state index in [9.17, 15) is 16.8 Å². The molecule has 0 aliphatic carbocycles. The molecule has 2 heterocycles. The van der Waals surface area contributed by atoms with Gasteiger partial charge < -0.3 is 10.6 Å². The minimum Gasteiger partial charge on any atom is -0.310 e. The summed E-state index contributed by atoms with van der Waals surface area (Å²) in [6.45, 7) is 4.52. The molecule has 8 atom stereocenters. The van der Waals surface area contributed by atoms with Crippen molar-refractivity contribution in [3.8, 4) is 0 Å². The standard InChI is InChI=1S/C14H24Cl4N2O4S2/c1-3-7-9(13(17)25(21,22)11(7)15)19-5-6-20-10-8(4-2)12(16)26(23,24)14(10)18/h7-14,19-20H,3-6H2,1-2H3. The topological polar surface area (TPSA) is 92.3 Å². The fraction of sp³-hybridized carbons (Fsp3) is 1.00. The average Bonchev–Trinajstić information content (AvgIpc) is 2.86. The Bertz CT molecular complexity index is 646. The lowest BCUT2D eigenvalue weighted by atomic mass is 10.00. The third kappa shape index (κ3) is 3.99. The molecule has 0 aromatic heterocycles. The van der Waals surface area contributed by atoms with Gasteiger partial charge in [-0.25, -0.2) is 16.8 Å². The van der Waals surface area contributed by atoms with Gasteiger partial charge in [0.1, 0.15) is 9.42 Å². The Balaban J connectivity index is 1.94. The zero-order valence-corrected chi connectivity index (χ0v) is 19.1. The van der Waals surface area contributed by atoms with Gasteiger partial charge in [-0.15, -0.1) is 46.4 Å². The first-order valence-electron chi connectivity index (χ1n) is 8.50. The van der Waals surface area contributed by atoms with Crippen LogP contribution in [0.25, 0.3) is 0 Å². The number of hydrogen-bond acceptors (Lipinski definition) is 6. The van der Waals surface area contributed by atoms with Crippen molar-refractivity contribution in [3.05, 3.63) is 0 Å². The molecule has 12 heteroatoms. The van der Waals surface area contributed by atoms with E-state index in [-0.39, 0.29) is 11.8 Å². The lowest BCUT2D eigenvalue weighted by Gasteiger charge is -2.24. The molecule has 2 N–H and O–H groups in total. The van der Waals surface area contributed by atoms with Gasteiger partial charge in [0.15, 0.2) is 29.1 Å². The van der Waals surface area contributed by atoms with Crippen molar-refractivity contribution in [3.63, 3.8) is 0 Å². The van der Waals surface area contributed by atoms with Crippen LogP contribution < -0.4 is 10.6 Å². The second kappa shape index (κ2) is 8.78. The van der Waals surface area contributed by atoms with E-state index in [4.69, 9.17) is 46.4 Å². The van der Waals surface area contributed by atoms with Crippen LogP contribution in [-0.4, -0.2) is 60.8 Å². The number of hydrogen-bond donors (Lipinski definition) is 2. The van der Waals surface area contributed by atoms with E-state index >= 15 is 0 Å². The molecule has 0 aromatic carbocycles. The van der Waals surface area contributed by atoms with Crippen LogP contribution >= 0.6 is 46.4 Å². The molecule has 0 spiro atoms. The van der Waals surface area contributed by atoms with Crippen LogP contribution in [0.1, 0.15) is 26.7 Å². The van der Waals surface area contributed by atoms with E-state index in [1.807, 2.05) is 13.8 Å². The molecular weight excluding hydrogens is 466 g/mol. The number of alkyl halides is 4. The highest BCUT2D eigenvalue weighted by Gasteiger charge is 2.53. The lowest BCUT2D eigenvalue weighted by Crippen LogP contribution is -2.46. The molecule has 0 radical (unpaired) electrons. The summed E-state index contributed by atoms with van der Waals surface area (Å²) in [5.74, 6) is -0.570. The van der Waals surface area contributed by atoms with Gasteiger partial charge in [-0.2, -0.15) is 0 Å². The summed E-state index contributed by atoms with van der Waals surface area (Å²) in [6, 6.07) is -0.921. The van der Waals surface area contributed by atoms with Crippen LogP contribution in [0.2, 0.25) is 0 Å². The molecule has 6 nitrogen and oxygen atoms in total. The third-order valence-electron chi connectivity index (χ3n) is 5.24. The van der Waals surface area contributed by atoms with E-state index < -0.39 is 50.6 Å². The lowest BCUT2D eigenvalue weighted by molar-refractivity contribution is 0.366. The van der Waals surface area contributed by atoms with Gasteiger partial charge in [0.25, 0.3) is 0 Å². The average molecular weight is 490 g/mol. The van der Waals surface area contributed by atoms with Crippen LogP contribution in [0.4, 0.5) is 0 Å². The van der Waals surface area contributed by atoms with Crippen molar-refractivity contribution in [1.82, 2.24) is 10.6 Å². The maximum atomic E-state index is 12.1. The third-order valence-corrected chi connectivity index (χ3v) is 13.2. The first kappa shape index (κ1) is 23.3. The Hall–Kier alpha value is 0.980. The molecule has 0 amide bonds. The highest BCUT2D eigenvalue weighted by Crippen LogP contribution is 2.40. The molecule has 0 aromatic rings. The second-order valence-corrected chi connectivity index (χ2v) is 14.0. The molecule has 2 saturated heterocycles. The van der Waals surface area contributed by atoms with Crippen LogP contribution in [0.15, 0.2) is 0 Å². The normalized spacial score (nSPS) is 44.4. The molecule has 154 valence electrons. The van der Waals surface area contributed by atoms with Crippen molar-refractivity contribution >= 4 is 66.1 Å². The summed E-state index contributed by atoms with van der Waals surface area (Å²) in [5.41, 5.74) is 0. The monoisotopic (exact) mass is 488 g/mol. The van der Waals surface area contributed by atoms with E-state index in [1.165, 1.54) is 0 Å². The molecule has 0 saturated carbocycles. The highest BCUT2D eigenvalue weighted by molar-refractivity contribution is 7.95. The second-order valence-electron chi connectivity index (χ2n) is 6.69. The smallest absolute Gasteiger partial charge is 0.185 e. The molecule has 2 aliphatic rings. The van der Waals surface area contributed by atoms with Crippen LogP contribution in [0.5, 0.6) is 0 Å². The minimum absolute atomic E-state index is 0.285. The highest BCUT2D eigenvalue weighted by atomic mass is 35.5. The number of sulfone groups is 2. The summed E-state index contributed by atoms with van der Waals surface area (Å²) in [5, 5.41) is 6.28. The largest absolute Gasteiger partial charge is 0.310 e. The Morgan fingerprint density at radius 3 is 1.23 bits per heavy atom. The Labute approximate surface area is 175 Å². The summed E-state index contributed by atoms with van der Waals surface area (Å²) >= 11 is 24.3. The number of rotatable bonds is 7. The zero-order valence-electron chi connectivity index (χ0n) is 14.4. The first-order valence-corrected chi connectivity index (χ1v) is 13.5. The molecule has 2 fully saturated rings. The molecule has 0 bridgehead atoms. The molecule has 26 heavy (non-hydrogen) atoms. The summed E-state index contributed by atoms with van der Waals surface area (Å²) in [7, 11) is -7.16. The van der Waals surface area contributed by atoms with Crippen LogP contribution in [0, 0.1) is 11.8 Å². The van der Waals surface area contributed by atoms with Gasteiger partial charge in [0.05, 0.1) is 0 Å². The predicted molar refractivity (Wildman–Crippen MR) is 108 cm³/mol. The number of halogens is 4. The Morgan fingerprint density at radius 1 is 0.654 bits per heavy atom. The fourth-order valence-electron chi connectivity index (χ4n) is 3.70. The van der Waals surface area contributed by atoms with Gasteiger partial charge in [-0.05, 0) is 12.8 Å². The van der Waals surface area contributed by atoms with Gasteiger partial charge in [0.2, 0.25) is 0 Å². The van der Waals surface area contributed by atoms with Crippen molar-refractivity contribution in [1.29, 1.82) is 0 Å². The van der Waals surface area contributed by atoms with Crippen LogP contribution in [0.3, 0.4) is 0 Å². The van der Waals surface area contributed by atoms with Gasteiger partial charge >= 0.3 is 0 Å². The minimum atomic E-state index is -3.58.